The predicted octanol–water partition coefficient (Wildman–Crippen LogP) is 5.29. The third kappa shape index (κ3) is 9.50. The summed E-state index contributed by atoms with van der Waals surface area (Å²) in [6.07, 6.45) is -10.2. The second kappa shape index (κ2) is 18.6. The van der Waals surface area contributed by atoms with E-state index in [1.165, 1.54) is 44.2 Å². The maximum Gasteiger partial charge on any atom is 0.408 e. The third-order valence-corrected chi connectivity index (χ3v) is 13.4. The molecule has 4 aliphatic rings. The van der Waals surface area contributed by atoms with Gasteiger partial charge in [0.25, 0.3) is 0 Å². The molecule has 0 radical (unpaired) electrons. The molecule has 2 saturated carbocycles. The number of rotatable bonds is 11. The van der Waals surface area contributed by atoms with Gasteiger partial charge >= 0.3 is 35.9 Å². The molecule has 67 heavy (non-hydrogen) atoms. The highest BCUT2D eigenvalue weighted by molar-refractivity contribution is 5.96. The SMILES string of the molecule is CC(=O)O[C@H]1C(=O)[C@@]2(C)C(C(OC(=O)c3ccccc3)[C@]3(O)C[C@H](OC(=O)[C@H](OC(=O)c4ccccc4)[C@H](C=C(C)C)NC(=O)OC(C)(C)C)C(C)=C1C3(C)C)[C@]1(OC(C)=O)CO[C@@H]1C[C@@H]2O. The summed E-state index contributed by atoms with van der Waals surface area (Å²) < 4.78 is 42.0. The molecule has 1 saturated heterocycles. The standard InChI is InChI=1S/C50H61NO16/c1-26(2)22-32(51-45(59)67-46(6,7)8)37(64-42(56)30-18-14-12-15-19-30)44(58)63-33-24-50(60)41(65-43(57)31-20-16-13-17-21-31)39-48(11,34(54)23-35-49(39,25-61-35)66-29(5)53)40(55)38(62-28(4)52)36(27(33)3)47(50,9)10/h12-22,32-35,37-39,41,54,60H,23-25H2,1-11H3,(H,51,59)/t32-,33-,34-,35+,37+,38+,39?,41?,48+,49-,50+/m0/s1. The van der Waals surface area contributed by atoms with E-state index in [-0.39, 0.29) is 35.3 Å². The molecular formula is C50H61NO16. The van der Waals surface area contributed by atoms with E-state index in [2.05, 4.69) is 5.32 Å². The molecule has 3 fully saturated rings. The van der Waals surface area contributed by atoms with E-state index in [9.17, 15) is 39.0 Å². The number of benzene rings is 2. The summed E-state index contributed by atoms with van der Waals surface area (Å²) in [4.78, 5) is 98.2. The highest BCUT2D eigenvalue weighted by atomic mass is 16.6. The number of aliphatic hydroxyl groups excluding tert-OH is 1. The quantitative estimate of drug-likeness (QED) is 0.147. The van der Waals surface area contributed by atoms with Gasteiger partial charge in [-0.1, -0.05) is 61.9 Å². The molecule has 0 spiro atoms. The molecule has 1 aliphatic heterocycles. The number of hydrogen-bond acceptors (Lipinski definition) is 16. The van der Waals surface area contributed by atoms with Gasteiger partial charge in [0.15, 0.2) is 17.5 Å². The number of esters is 5. The van der Waals surface area contributed by atoms with E-state index >= 15 is 4.79 Å². The average molecular weight is 932 g/mol. The number of Topliss-reactive ketones (excluding diaryl/α,β-unsaturated/α-hetero) is 1. The van der Waals surface area contributed by atoms with E-state index in [1.807, 2.05) is 0 Å². The van der Waals surface area contributed by atoms with Crippen LogP contribution in [0.1, 0.15) is 110 Å². The second-order valence-electron chi connectivity index (χ2n) is 19.8. The highest BCUT2D eigenvalue weighted by Gasteiger charge is 2.78. The van der Waals surface area contributed by atoms with Gasteiger partial charge in [-0.2, -0.15) is 0 Å². The molecule has 362 valence electrons. The van der Waals surface area contributed by atoms with Gasteiger partial charge in [0.1, 0.15) is 29.5 Å². The molecule has 2 aromatic rings. The van der Waals surface area contributed by atoms with Gasteiger partial charge in [0.05, 0.1) is 41.2 Å². The van der Waals surface area contributed by atoms with Gasteiger partial charge in [0, 0.05) is 32.1 Å². The van der Waals surface area contributed by atoms with Crippen LogP contribution in [0, 0.1) is 16.7 Å². The molecule has 11 atom stereocenters. The van der Waals surface area contributed by atoms with Crippen molar-refractivity contribution in [2.75, 3.05) is 6.61 Å². The normalized spacial score (nSPS) is 30.4. The molecule has 1 amide bonds. The molecular weight excluding hydrogens is 871 g/mol. The van der Waals surface area contributed by atoms with Gasteiger partial charge in [-0.15, -0.1) is 0 Å². The van der Waals surface area contributed by atoms with Gasteiger partial charge in [-0.05, 0) is 83.9 Å². The monoisotopic (exact) mass is 931 g/mol. The number of carbonyl (C=O) groups excluding carboxylic acids is 7. The summed E-state index contributed by atoms with van der Waals surface area (Å²) in [6.45, 7) is 16.2. The van der Waals surface area contributed by atoms with Crippen molar-refractivity contribution < 1.29 is 76.9 Å². The average Bonchev–Trinajstić information content (AvgIpc) is 3.23. The first-order chi connectivity index (χ1) is 31.2. The van der Waals surface area contributed by atoms with Gasteiger partial charge in [0.2, 0.25) is 6.10 Å². The summed E-state index contributed by atoms with van der Waals surface area (Å²) >= 11 is 0. The van der Waals surface area contributed by atoms with E-state index in [4.69, 9.17) is 33.2 Å². The lowest BCUT2D eigenvalue weighted by Gasteiger charge is -2.67. The number of hydrogen-bond donors (Lipinski definition) is 3. The fraction of sp³-hybridized carbons (Fsp3) is 0.540. The first-order valence-electron chi connectivity index (χ1n) is 22.2. The van der Waals surface area contributed by atoms with Gasteiger partial charge < -0.3 is 48.7 Å². The van der Waals surface area contributed by atoms with E-state index in [0.717, 1.165) is 13.8 Å². The third-order valence-electron chi connectivity index (χ3n) is 13.4. The van der Waals surface area contributed by atoms with Crippen molar-refractivity contribution in [3.8, 4) is 0 Å². The number of allylic oxidation sites excluding steroid dienone is 1. The van der Waals surface area contributed by atoms with Crippen LogP contribution >= 0.6 is 0 Å². The van der Waals surface area contributed by atoms with Crippen LogP contribution in [0.5, 0.6) is 0 Å². The molecule has 3 N–H and O–H groups in total. The van der Waals surface area contributed by atoms with Crippen LogP contribution in [0.25, 0.3) is 0 Å². The Morgan fingerprint density at radius 2 is 1.43 bits per heavy atom. The van der Waals surface area contributed by atoms with Crippen molar-refractivity contribution in [1.82, 2.24) is 5.32 Å². The Hall–Kier alpha value is -5.91. The lowest BCUT2D eigenvalue weighted by molar-refractivity contribution is -0.346. The fourth-order valence-corrected chi connectivity index (χ4v) is 10.3. The Balaban J connectivity index is 1.57. The summed E-state index contributed by atoms with van der Waals surface area (Å²) in [7, 11) is 0. The van der Waals surface area contributed by atoms with Crippen molar-refractivity contribution in [3.63, 3.8) is 0 Å². The van der Waals surface area contributed by atoms with E-state index in [1.54, 1.807) is 84.9 Å². The molecule has 2 aromatic carbocycles. The maximum atomic E-state index is 15.6. The zero-order valence-electron chi connectivity index (χ0n) is 39.7. The Kier molecular flexibility index (Phi) is 14.1. The molecule has 6 rings (SSSR count). The summed E-state index contributed by atoms with van der Waals surface area (Å²) in [6, 6.07) is 14.2. The maximum absolute atomic E-state index is 15.6. The van der Waals surface area contributed by atoms with Crippen molar-refractivity contribution in [1.29, 1.82) is 0 Å². The number of alkyl carbamates (subject to hydrolysis) is 1. The second-order valence-corrected chi connectivity index (χ2v) is 19.8. The smallest absolute Gasteiger partial charge is 0.408 e. The minimum absolute atomic E-state index is 0.0361. The first kappa shape index (κ1) is 50.5. The van der Waals surface area contributed by atoms with Crippen molar-refractivity contribution in [2.45, 2.75) is 148 Å². The van der Waals surface area contributed by atoms with E-state index in [0.29, 0.717) is 5.57 Å². The molecule has 2 bridgehead atoms. The van der Waals surface area contributed by atoms with Gasteiger partial charge in [-0.25, -0.2) is 19.2 Å². The van der Waals surface area contributed by atoms with Crippen LogP contribution in [0.4, 0.5) is 4.79 Å². The Morgan fingerprint density at radius 1 is 0.851 bits per heavy atom. The summed E-state index contributed by atoms with van der Waals surface area (Å²) in [5, 5.41) is 28.6. The van der Waals surface area contributed by atoms with Crippen LogP contribution < -0.4 is 5.32 Å². The number of ketones is 1. The number of aliphatic hydroxyl groups is 2. The highest BCUT2D eigenvalue weighted by Crippen LogP contribution is 2.64. The molecule has 2 unspecified atom stereocenters. The molecule has 17 nitrogen and oxygen atoms in total. The topological polar surface area (TPSA) is 237 Å². The number of carbonyl (C=O) groups is 7. The molecule has 1 heterocycles. The lowest BCUT2D eigenvalue weighted by atomic mass is 9.44. The van der Waals surface area contributed by atoms with Crippen molar-refractivity contribution in [3.05, 3.63) is 94.6 Å². The van der Waals surface area contributed by atoms with Crippen LogP contribution in [0.15, 0.2) is 83.5 Å². The number of ether oxygens (including phenoxy) is 7. The number of fused-ring (bicyclic) bond motifs is 5. The van der Waals surface area contributed by atoms with Crippen molar-refractivity contribution >= 4 is 41.7 Å². The minimum atomic E-state index is -2.45. The summed E-state index contributed by atoms with van der Waals surface area (Å²) in [5.74, 6) is -7.32. The fourth-order valence-electron chi connectivity index (χ4n) is 10.3. The number of amides is 1. The van der Waals surface area contributed by atoms with Crippen LogP contribution in [0.3, 0.4) is 0 Å². The van der Waals surface area contributed by atoms with Gasteiger partial charge in [-0.3, -0.25) is 14.4 Å². The first-order valence-corrected chi connectivity index (χ1v) is 22.2. The Labute approximate surface area is 389 Å². The zero-order valence-corrected chi connectivity index (χ0v) is 39.7. The zero-order chi connectivity index (χ0) is 49.6. The molecule has 17 heteroatoms. The van der Waals surface area contributed by atoms with Crippen molar-refractivity contribution in [2.24, 2.45) is 16.7 Å². The largest absolute Gasteiger partial charge is 0.455 e. The Bertz CT molecular complexity index is 2350. The van der Waals surface area contributed by atoms with Crippen LogP contribution in [-0.4, -0.2) is 118 Å². The Morgan fingerprint density at radius 3 is 1.94 bits per heavy atom. The van der Waals surface area contributed by atoms with Crippen LogP contribution in [0.2, 0.25) is 0 Å². The molecule has 0 aromatic heterocycles. The minimum Gasteiger partial charge on any atom is -0.455 e. The number of nitrogens with one attached hydrogen (secondary N) is 1. The molecule has 3 aliphatic carbocycles. The summed E-state index contributed by atoms with van der Waals surface area (Å²) in [5.41, 5.74) is -8.23. The van der Waals surface area contributed by atoms with Crippen LogP contribution in [-0.2, 0) is 52.3 Å². The predicted molar refractivity (Wildman–Crippen MR) is 237 cm³/mol. The lowest BCUT2D eigenvalue weighted by Crippen LogP contribution is -2.82. The van der Waals surface area contributed by atoms with E-state index < -0.39 is 124 Å².